The van der Waals surface area contributed by atoms with E-state index in [4.69, 9.17) is 18.9 Å². The number of nitrogens with one attached hydrogen (secondary N) is 4. The molecular weight excluding hydrogens is 1120 g/mol. The molecule has 8 atom stereocenters. The summed E-state index contributed by atoms with van der Waals surface area (Å²) in [5, 5.41) is 49.3. The number of carboxylic acids is 4. The summed E-state index contributed by atoms with van der Waals surface area (Å²) in [5.41, 5.74) is 6.28. The quantitative estimate of drug-likeness (QED) is 0.0257. The van der Waals surface area contributed by atoms with E-state index in [2.05, 4.69) is 28.8 Å². The maximum Gasteiger partial charge on any atom is 0.471 e. The minimum Gasteiger partial charge on any atom is -0.481 e. The van der Waals surface area contributed by atoms with E-state index in [0.29, 0.717) is 25.7 Å². The Kier molecular flexibility index (Phi) is 31.2. The number of carboxylic acid groups (broad SMARTS) is 4. The van der Waals surface area contributed by atoms with E-state index in [0.717, 1.165) is 33.4 Å². The van der Waals surface area contributed by atoms with Crippen molar-refractivity contribution in [1.82, 2.24) is 21.3 Å². The molecule has 0 saturated heterocycles. The van der Waals surface area contributed by atoms with Crippen molar-refractivity contribution in [2.24, 2.45) is 35.5 Å². The number of carbonyl (C=O) groups is 8. The van der Waals surface area contributed by atoms with Gasteiger partial charge in [-0.05, 0) is 122 Å². The molecule has 1 aliphatic carbocycles. The minimum atomic E-state index is -5.00. The molecule has 2 aromatic rings. The zero-order chi connectivity index (χ0) is 62.6. The molecule has 0 radical (unpaired) electrons. The standard InChI is InChI=1S/C58H82F6N4O16/c1-5-37(49(69)65-15-19-81-23-25-83-21-17-67-55(79)57(59,60)61)29-47(53(75)76)34-46(52(73)74)28-36(4)42-12-8-40-9-13-43-31-41(11-7-39(43)10-14-44(40)32-42)35(3)27-45(33-48(54(77)78)30-38(6-2)51(71)72)50(70)66-16-20-82-24-26-84-22-18-68-56(80)58(62,63)64/h7-8,11-12,31-32,35-38,45-48H,5-6,9-10,13-30,33-34H2,1-4H3,(H,65,69)(H,66,70)(H,67,79)(H,68,80)(H,71,72)(H,73,74)(H,75,76)(H,77,78). The SMILES string of the molecule is CCC(CC(CC(CC(C)c1ccc2c(c1)CCc1ccc(C(C)CC(CC(CC(CC)C(=O)NCCOCCOCCNC(=O)C(F)(F)F)C(=O)O)C(=O)O)cc1CC2)C(=O)NCCOCCOCCNC(=O)C(F)(F)F)C(=O)O)C(=O)O. The smallest absolute Gasteiger partial charge is 0.471 e. The predicted octanol–water partition coefficient (Wildman–Crippen LogP) is 6.63. The van der Waals surface area contributed by atoms with Gasteiger partial charge in [-0.25, -0.2) is 0 Å². The molecule has 0 fully saturated rings. The second-order valence-electron chi connectivity index (χ2n) is 21.2. The van der Waals surface area contributed by atoms with Crippen LogP contribution in [0.15, 0.2) is 36.4 Å². The van der Waals surface area contributed by atoms with Crippen LogP contribution in [0.2, 0.25) is 0 Å². The number of carbonyl (C=O) groups excluding carboxylic acids is 4. The van der Waals surface area contributed by atoms with E-state index in [1.165, 1.54) is 0 Å². The van der Waals surface area contributed by atoms with Crippen LogP contribution in [0.1, 0.15) is 124 Å². The summed E-state index contributed by atoms with van der Waals surface area (Å²) >= 11 is 0. The summed E-state index contributed by atoms with van der Waals surface area (Å²) in [6, 6.07) is 12.2. The summed E-state index contributed by atoms with van der Waals surface area (Å²) in [5.74, 6) is -16.0. The molecule has 8 N–H and O–H groups in total. The Morgan fingerprint density at radius 2 is 0.714 bits per heavy atom. The Bertz CT molecular complexity index is 2460. The number of fused-ring (bicyclic) bond motifs is 2. The molecule has 0 aromatic heterocycles. The van der Waals surface area contributed by atoms with E-state index in [-0.39, 0.29) is 142 Å². The van der Waals surface area contributed by atoms with Gasteiger partial charge < -0.3 is 60.6 Å². The number of aryl methyl sites for hydroxylation is 4. The lowest BCUT2D eigenvalue weighted by Gasteiger charge is -2.26. The average Bonchev–Trinajstić information content (AvgIpc) is 3.08. The maximum atomic E-state index is 13.8. The zero-order valence-corrected chi connectivity index (χ0v) is 48.0. The normalized spacial score (nSPS) is 15.5. The van der Waals surface area contributed by atoms with Gasteiger partial charge in [-0.3, -0.25) is 38.4 Å². The lowest BCUT2D eigenvalue weighted by molar-refractivity contribution is -0.173. The van der Waals surface area contributed by atoms with Gasteiger partial charge in [0.15, 0.2) is 0 Å². The topological polar surface area (TPSA) is 303 Å². The fourth-order valence-electron chi connectivity index (χ4n) is 10.1. The first-order valence-electron chi connectivity index (χ1n) is 28.4. The Labute approximate surface area is 484 Å². The predicted molar refractivity (Wildman–Crippen MR) is 292 cm³/mol. The third-order valence-electron chi connectivity index (χ3n) is 15.0. The van der Waals surface area contributed by atoms with Crippen molar-refractivity contribution in [3.05, 3.63) is 69.8 Å². The van der Waals surface area contributed by atoms with Gasteiger partial charge in [0.25, 0.3) is 0 Å². The van der Waals surface area contributed by atoms with Crippen LogP contribution >= 0.6 is 0 Å². The minimum absolute atomic E-state index is 0.000135. The van der Waals surface area contributed by atoms with Gasteiger partial charge in [0.1, 0.15) is 0 Å². The first-order valence-corrected chi connectivity index (χ1v) is 28.4. The number of hydrogen-bond donors (Lipinski definition) is 8. The van der Waals surface area contributed by atoms with Gasteiger partial charge in [-0.15, -0.1) is 0 Å². The molecule has 0 aliphatic heterocycles. The molecular formula is C58H82F6N4O16. The van der Waals surface area contributed by atoms with E-state index >= 15 is 0 Å². The number of hydrogen-bond acceptors (Lipinski definition) is 12. The molecule has 84 heavy (non-hydrogen) atoms. The molecule has 8 unspecified atom stereocenters. The molecule has 0 saturated carbocycles. The van der Waals surface area contributed by atoms with Crippen molar-refractivity contribution < 1.29 is 104 Å². The van der Waals surface area contributed by atoms with E-state index in [1.807, 2.05) is 32.0 Å². The Hall–Kier alpha value is -6.38. The number of amides is 4. The lowest BCUT2D eigenvalue weighted by atomic mass is 9.79. The van der Waals surface area contributed by atoms with Crippen LogP contribution in [0.4, 0.5) is 26.3 Å². The highest BCUT2D eigenvalue weighted by Gasteiger charge is 2.39. The van der Waals surface area contributed by atoms with Gasteiger partial charge in [0.2, 0.25) is 11.8 Å². The highest BCUT2D eigenvalue weighted by molar-refractivity contribution is 5.82. The summed E-state index contributed by atoms with van der Waals surface area (Å²) in [6.07, 6.45) is -6.95. The fraction of sp³-hybridized carbons (Fsp3) is 0.655. The Morgan fingerprint density at radius 3 is 1.07 bits per heavy atom. The summed E-state index contributed by atoms with van der Waals surface area (Å²) in [7, 11) is 0. The molecule has 0 heterocycles. The van der Waals surface area contributed by atoms with Crippen LogP contribution in [0.3, 0.4) is 0 Å². The van der Waals surface area contributed by atoms with Crippen molar-refractivity contribution in [3.8, 4) is 0 Å². The molecule has 0 bridgehead atoms. The second-order valence-corrected chi connectivity index (χ2v) is 21.2. The average molecular weight is 1210 g/mol. The fourth-order valence-corrected chi connectivity index (χ4v) is 10.1. The van der Waals surface area contributed by atoms with Gasteiger partial charge >= 0.3 is 48.0 Å². The number of alkyl halides is 6. The molecule has 472 valence electrons. The molecule has 0 spiro atoms. The van der Waals surface area contributed by atoms with Crippen molar-refractivity contribution in [2.75, 3.05) is 79.0 Å². The third kappa shape index (κ3) is 25.9. The zero-order valence-electron chi connectivity index (χ0n) is 48.0. The van der Waals surface area contributed by atoms with Gasteiger partial charge in [-0.1, -0.05) is 64.1 Å². The number of halogens is 6. The van der Waals surface area contributed by atoms with Crippen molar-refractivity contribution >= 4 is 47.5 Å². The second kappa shape index (κ2) is 36.5. The Balaban J connectivity index is 1.60. The molecule has 1 aliphatic rings. The molecule has 3 rings (SSSR count). The van der Waals surface area contributed by atoms with E-state index in [9.17, 15) is 85.1 Å². The summed E-state index contributed by atoms with van der Waals surface area (Å²) in [6.45, 7) is 6.46. The highest BCUT2D eigenvalue weighted by Crippen LogP contribution is 2.35. The summed E-state index contributed by atoms with van der Waals surface area (Å²) < 4.78 is 94.9. The van der Waals surface area contributed by atoms with Crippen LogP contribution in [-0.4, -0.2) is 159 Å². The monoisotopic (exact) mass is 1200 g/mol. The largest absolute Gasteiger partial charge is 0.481 e. The summed E-state index contributed by atoms with van der Waals surface area (Å²) in [4.78, 5) is 98.2. The van der Waals surface area contributed by atoms with Gasteiger partial charge in [-0.2, -0.15) is 26.3 Å². The van der Waals surface area contributed by atoms with Crippen LogP contribution < -0.4 is 21.3 Å². The first kappa shape index (κ1) is 71.9. The maximum absolute atomic E-state index is 13.8. The van der Waals surface area contributed by atoms with Crippen molar-refractivity contribution in [3.63, 3.8) is 0 Å². The first-order chi connectivity index (χ1) is 39.7. The molecule has 4 amide bonds. The number of ether oxygens (including phenoxy) is 4. The number of benzene rings is 2. The van der Waals surface area contributed by atoms with Crippen LogP contribution in [0.25, 0.3) is 0 Å². The van der Waals surface area contributed by atoms with Crippen molar-refractivity contribution in [1.29, 1.82) is 0 Å². The van der Waals surface area contributed by atoms with Crippen molar-refractivity contribution in [2.45, 2.75) is 129 Å². The lowest BCUT2D eigenvalue weighted by Crippen LogP contribution is -2.38. The third-order valence-corrected chi connectivity index (χ3v) is 15.0. The van der Waals surface area contributed by atoms with Gasteiger partial charge in [0.05, 0.1) is 76.5 Å². The Morgan fingerprint density at radius 1 is 0.417 bits per heavy atom. The van der Waals surface area contributed by atoms with Crippen LogP contribution in [-0.2, 0) is 83.0 Å². The van der Waals surface area contributed by atoms with Gasteiger partial charge in [0, 0.05) is 38.0 Å². The number of rotatable bonds is 40. The number of aliphatic carboxylic acids is 4. The van der Waals surface area contributed by atoms with E-state index in [1.54, 1.807) is 24.5 Å². The molecule has 20 nitrogen and oxygen atoms in total. The van der Waals surface area contributed by atoms with Crippen LogP contribution in [0.5, 0.6) is 0 Å². The highest BCUT2D eigenvalue weighted by atomic mass is 19.4. The van der Waals surface area contributed by atoms with Crippen LogP contribution in [0, 0.1) is 35.5 Å². The van der Waals surface area contributed by atoms with E-state index < -0.39 is 95.4 Å². The molecule has 2 aromatic carbocycles. The molecule has 26 heteroatoms.